The van der Waals surface area contributed by atoms with Gasteiger partial charge in [0.25, 0.3) is 0 Å². The van der Waals surface area contributed by atoms with Crippen molar-refractivity contribution in [1.29, 1.82) is 0 Å². The van der Waals surface area contributed by atoms with Crippen molar-refractivity contribution in [3.05, 3.63) is 23.4 Å². The van der Waals surface area contributed by atoms with Gasteiger partial charge in [0, 0.05) is 17.7 Å². The maximum atomic E-state index is 11.3. The maximum absolute atomic E-state index is 11.3. The van der Waals surface area contributed by atoms with Crippen LogP contribution in [0, 0.1) is 0 Å². The van der Waals surface area contributed by atoms with Crippen molar-refractivity contribution in [3.63, 3.8) is 0 Å². The molecule has 0 aliphatic carbocycles. The highest BCUT2D eigenvalue weighted by Gasteiger charge is 2.37. The lowest BCUT2D eigenvalue weighted by Gasteiger charge is -2.36. The first-order valence-corrected chi connectivity index (χ1v) is 12.3. The van der Waals surface area contributed by atoms with E-state index in [1.165, 1.54) is 0 Å². The third kappa shape index (κ3) is 6.72. The van der Waals surface area contributed by atoms with Gasteiger partial charge in [-0.25, -0.2) is 4.98 Å². The largest absolute Gasteiger partial charge is 0.481 e. The minimum Gasteiger partial charge on any atom is -0.481 e. The van der Waals surface area contributed by atoms with Crippen LogP contribution in [0.25, 0.3) is 0 Å². The number of carbonyl (C=O) groups is 1. The Morgan fingerprint density at radius 3 is 2.46 bits per heavy atom. The topological polar surface area (TPSA) is 68.7 Å². The van der Waals surface area contributed by atoms with E-state index in [0.717, 1.165) is 30.5 Å². The molecule has 1 unspecified atom stereocenters. The molecule has 1 rings (SSSR count). The molecule has 0 amide bonds. The molecule has 1 heterocycles. The second-order valence-corrected chi connectivity index (χ2v) is 13.2. The van der Waals surface area contributed by atoms with Crippen molar-refractivity contribution in [2.45, 2.75) is 84.0 Å². The van der Waals surface area contributed by atoms with Crippen LogP contribution in [-0.2, 0) is 15.8 Å². The fraction of sp³-hybridized carbons (Fsp3) is 0.700. The van der Waals surface area contributed by atoms with Crippen molar-refractivity contribution in [1.82, 2.24) is 4.98 Å². The molecule has 5 nitrogen and oxygen atoms in total. The molecule has 148 valence electrons. The Hall–Kier alpha value is -1.40. The fourth-order valence-electron chi connectivity index (χ4n) is 2.48. The molecule has 0 fully saturated rings. The number of unbranched alkanes of at least 4 members (excludes halogenated alkanes) is 1. The molecule has 0 aliphatic rings. The second-order valence-electron chi connectivity index (χ2n) is 8.43. The molecular formula is C20H35NO4Si. The van der Waals surface area contributed by atoms with Crippen LogP contribution < -0.4 is 4.74 Å². The van der Waals surface area contributed by atoms with E-state index in [1.54, 1.807) is 7.11 Å². The molecule has 0 aliphatic heterocycles. The zero-order chi connectivity index (χ0) is 20.0. The van der Waals surface area contributed by atoms with E-state index in [2.05, 4.69) is 45.8 Å². The number of carboxylic acids is 1. The van der Waals surface area contributed by atoms with Gasteiger partial charge in [0.15, 0.2) is 8.32 Å². The lowest BCUT2D eigenvalue weighted by atomic mass is 9.93. The Labute approximate surface area is 159 Å². The Morgan fingerprint density at radius 1 is 1.31 bits per heavy atom. The monoisotopic (exact) mass is 381 g/mol. The zero-order valence-corrected chi connectivity index (χ0v) is 18.4. The highest BCUT2D eigenvalue weighted by molar-refractivity contribution is 6.74. The van der Waals surface area contributed by atoms with E-state index >= 15 is 0 Å². The highest BCUT2D eigenvalue weighted by Crippen LogP contribution is 2.37. The van der Waals surface area contributed by atoms with Gasteiger partial charge < -0.3 is 14.3 Å². The van der Waals surface area contributed by atoms with Gasteiger partial charge >= 0.3 is 5.97 Å². The third-order valence-corrected chi connectivity index (χ3v) is 9.72. The summed E-state index contributed by atoms with van der Waals surface area (Å²) in [6, 6.07) is 3.87. The molecule has 0 aromatic carbocycles. The van der Waals surface area contributed by atoms with E-state index in [4.69, 9.17) is 9.16 Å². The number of pyridine rings is 1. The number of hydrogen-bond donors (Lipinski definition) is 1. The molecule has 0 radical (unpaired) electrons. The van der Waals surface area contributed by atoms with Crippen molar-refractivity contribution >= 4 is 14.3 Å². The first-order chi connectivity index (χ1) is 12.0. The first-order valence-electron chi connectivity index (χ1n) is 9.40. The lowest BCUT2D eigenvalue weighted by Crippen LogP contribution is -2.40. The molecule has 0 spiro atoms. The summed E-state index contributed by atoms with van der Waals surface area (Å²) in [5.41, 5.74) is 1.78. The summed E-state index contributed by atoms with van der Waals surface area (Å²) < 4.78 is 11.7. The normalized spacial score (nSPS) is 13.5. The molecule has 0 saturated heterocycles. The van der Waals surface area contributed by atoms with Gasteiger partial charge in [0.1, 0.15) is 0 Å². The van der Waals surface area contributed by atoms with Crippen molar-refractivity contribution in [3.8, 4) is 5.88 Å². The van der Waals surface area contributed by atoms with Crippen molar-refractivity contribution in [2.24, 2.45) is 0 Å². The molecule has 1 atom stereocenters. The van der Waals surface area contributed by atoms with Gasteiger partial charge in [-0.1, -0.05) is 40.5 Å². The van der Waals surface area contributed by atoms with Crippen molar-refractivity contribution in [2.75, 3.05) is 7.11 Å². The molecule has 26 heavy (non-hydrogen) atoms. The Balaban J connectivity index is 3.07. The summed E-state index contributed by atoms with van der Waals surface area (Å²) in [5, 5.41) is 9.40. The van der Waals surface area contributed by atoms with E-state index in [1.807, 2.05) is 12.1 Å². The lowest BCUT2D eigenvalue weighted by molar-refractivity contribution is -0.137. The number of methoxy groups -OCH3 is 1. The van der Waals surface area contributed by atoms with E-state index in [-0.39, 0.29) is 17.4 Å². The van der Waals surface area contributed by atoms with Gasteiger partial charge in [-0.2, -0.15) is 0 Å². The molecule has 1 aromatic rings. The van der Waals surface area contributed by atoms with Gasteiger partial charge in [-0.05, 0) is 36.2 Å². The number of hydrogen-bond acceptors (Lipinski definition) is 4. The minimum atomic E-state index is -1.86. The predicted molar refractivity (Wildman–Crippen MR) is 107 cm³/mol. The number of aromatic nitrogens is 1. The summed E-state index contributed by atoms with van der Waals surface area (Å²) in [6.07, 6.45) is 2.91. The zero-order valence-electron chi connectivity index (χ0n) is 17.4. The van der Waals surface area contributed by atoms with E-state index in [9.17, 15) is 9.90 Å². The number of ether oxygens (including phenoxy) is 1. The minimum absolute atomic E-state index is 0.0860. The van der Waals surface area contributed by atoms with Crippen LogP contribution in [0.2, 0.25) is 18.1 Å². The van der Waals surface area contributed by atoms with Crippen LogP contribution in [0.4, 0.5) is 0 Å². The van der Waals surface area contributed by atoms with E-state index < -0.39 is 14.3 Å². The van der Waals surface area contributed by atoms with Gasteiger partial charge in [0.05, 0.1) is 20.1 Å². The van der Waals surface area contributed by atoms with Crippen LogP contribution >= 0.6 is 0 Å². The smallest absolute Gasteiger partial charge is 0.304 e. The number of carboxylic acid groups (broad SMARTS) is 1. The number of nitrogens with zero attached hydrogens (tertiary/aromatic N) is 1. The average Bonchev–Trinajstić information content (AvgIpc) is 2.55. The Kier molecular flexibility index (Phi) is 8.28. The summed E-state index contributed by atoms with van der Waals surface area (Å²) in [7, 11) is -0.276. The predicted octanol–water partition coefficient (Wildman–Crippen LogP) is 5.36. The van der Waals surface area contributed by atoms with Crippen LogP contribution in [0.1, 0.15) is 70.6 Å². The van der Waals surface area contributed by atoms with Gasteiger partial charge in [0.2, 0.25) is 5.88 Å². The number of aliphatic carboxylic acids is 1. The van der Waals surface area contributed by atoms with Crippen molar-refractivity contribution < 1.29 is 19.1 Å². The number of rotatable bonds is 10. The first kappa shape index (κ1) is 22.6. The van der Waals surface area contributed by atoms with E-state index in [0.29, 0.717) is 12.5 Å². The molecule has 6 heteroatoms. The molecule has 0 saturated carbocycles. The maximum Gasteiger partial charge on any atom is 0.304 e. The van der Waals surface area contributed by atoms with Crippen LogP contribution in [0.3, 0.4) is 0 Å². The van der Waals surface area contributed by atoms with Crippen LogP contribution in [0.15, 0.2) is 12.1 Å². The van der Waals surface area contributed by atoms with Crippen LogP contribution in [0.5, 0.6) is 5.88 Å². The summed E-state index contributed by atoms with van der Waals surface area (Å²) in [6.45, 7) is 13.7. The van der Waals surface area contributed by atoms with Crippen LogP contribution in [-0.4, -0.2) is 31.5 Å². The van der Waals surface area contributed by atoms with Gasteiger partial charge in [-0.15, -0.1) is 0 Å². The standard InChI is InChI=1S/C20H35NO4Si/c1-8-9-10-16(13-19(22)23)17-11-15(12-18(21-17)24-5)14-25-26(6,7)20(2,3)4/h11-12,16H,8-10,13-14H2,1-7H3,(H,22,23). The molecule has 0 bridgehead atoms. The molecule has 1 aromatic heterocycles. The Bertz CT molecular complexity index is 596. The fourth-order valence-corrected chi connectivity index (χ4v) is 3.44. The highest BCUT2D eigenvalue weighted by atomic mass is 28.4. The second kappa shape index (κ2) is 9.51. The summed E-state index contributed by atoms with van der Waals surface area (Å²) in [5.74, 6) is -0.382. The average molecular weight is 382 g/mol. The summed E-state index contributed by atoms with van der Waals surface area (Å²) >= 11 is 0. The SMILES string of the molecule is CCCCC(CC(=O)O)c1cc(CO[Si](C)(C)C(C)(C)C)cc(OC)n1. The third-order valence-electron chi connectivity index (χ3n) is 5.24. The quantitative estimate of drug-likeness (QED) is 0.552. The molecule has 1 N–H and O–H groups in total. The van der Waals surface area contributed by atoms with Gasteiger partial charge in [-0.3, -0.25) is 4.79 Å². The Morgan fingerprint density at radius 2 is 1.96 bits per heavy atom. The molecular weight excluding hydrogens is 346 g/mol. The summed E-state index contributed by atoms with van der Waals surface area (Å²) in [4.78, 5) is 15.8.